The minimum absolute atomic E-state index is 0.248. The molecule has 0 aliphatic carbocycles. The number of piperidine rings is 1. The summed E-state index contributed by atoms with van der Waals surface area (Å²) < 4.78 is 6.26. The quantitative estimate of drug-likeness (QED) is 0.239. The first-order valence-corrected chi connectivity index (χ1v) is 16.4. The fourth-order valence-electron chi connectivity index (χ4n) is 6.67. The SMILES string of the molecule is Cc1nc(C)c(C(OC(C)(C)C)C(=O)O)c(N2CCC(C)(C)CC2)c1-c1ccc2c(c1)CCN(c1ncnc3sccc13)C2. The number of rotatable bonds is 6. The summed E-state index contributed by atoms with van der Waals surface area (Å²) in [5, 5.41) is 13.7. The van der Waals surface area contributed by atoms with Gasteiger partial charge in [-0.15, -0.1) is 11.3 Å². The third-order valence-corrected chi connectivity index (χ3v) is 9.84. The van der Waals surface area contributed by atoms with Crippen molar-refractivity contribution < 1.29 is 14.6 Å². The van der Waals surface area contributed by atoms with E-state index in [0.29, 0.717) is 11.3 Å². The molecule has 9 heteroatoms. The lowest BCUT2D eigenvalue weighted by Crippen LogP contribution is -2.39. The van der Waals surface area contributed by atoms with Gasteiger partial charge in [0.25, 0.3) is 0 Å². The molecule has 1 unspecified atom stereocenters. The number of pyridine rings is 1. The highest BCUT2D eigenvalue weighted by Crippen LogP contribution is 2.45. The average molecular weight is 614 g/mol. The molecule has 1 N–H and O–H groups in total. The Kier molecular flexibility index (Phi) is 7.91. The summed E-state index contributed by atoms with van der Waals surface area (Å²) in [7, 11) is 0. The standard InChI is InChI=1S/C35H43N5O3S/c1-21-27(24-8-9-25-19-40(14-10-23(25)18-24)31-26-11-17-44-32(26)37-20-36-31)29(39-15-12-35(6,7)13-16-39)28(22(2)38-21)30(33(41)42)43-34(3,4)5/h8-9,11,17-18,20,30H,10,12-16,19H2,1-7H3,(H,41,42). The van der Waals surface area contributed by atoms with Gasteiger partial charge >= 0.3 is 5.97 Å². The second-order valence-corrected chi connectivity index (χ2v) is 14.9. The minimum Gasteiger partial charge on any atom is -0.479 e. The minimum atomic E-state index is -1.13. The van der Waals surface area contributed by atoms with Crippen molar-refractivity contribution in [2.75, 3.05) is 29.4 Å². The van der Waals surface area contributed by atoms with Crippen molar-refractivity contribution in [3.05, 3.63) is 64.1 Å². The van der Waals surface area contributed by atoms with E-state index in [0.717, 1.165) is 84.0 Å². The Balaban J connectivity index is 1.44. The Morgan fingerprint density at radius 3 is 2.48 bits per heavy atom. The predicted octanol–water partition coefficient (Wildman–Crippen LogP) is 7.50. The molecule has 44 heavy (non-hydrogen) atoms. The molecule has 0 saturated carbocycles. The maximum absolute atomic E-state index is 12.8. The topological polar surface area (TPSA) is 91.7 Å². The number of aliphatic carboxylic acids is 1. The molecule has 6 rings (SSSR count). The number of carboxylic acid groups (broad SMARTS) is 1. The molecule has 232 valence electrons. The van der Waals surface area contributed by atoms with Gasteiger partial charge < -0.3 is 19.6 Å². The molecule has 1 atom stereocenters. The van der Waals surface area contributed by atoms with E-state index in [1.54, 1.807) is 17.7 Å². The summed E-state index contributed by atoms with van der Waals surface area (Å²) in [6.45, 7) is 17.7. The van der Waals surface area contributed by atoms with E-state index in [9.17, 15) is 9.90 Å². The van der Waals surface area contributed by atoms with E-state index in [4.69, 9.17) is 9.72 Å². The summed E-state index contributed by atoms with van der Waals surface area (Å²) in [4.78, 5) is 32.6. The van der Waals surface area contributed by atoms with Crippen molar-refractivity contribution >= 4 is 39.0 Å². The molecule has 1 aromatic carbocycles. The normalized spacial score (nSPS) is 17.5. The molecule has 0 spiro atoms. The lowest BCUT2D eigenvalue weighted by molar-refractivity contribution is -0.160. The Morgan fingerprint density at radius 1 is 1.02 bits per heavy atom. The first kappa shape index (κ1) is 30.5. The van der Waals surface area contributed by atoms with Crippen molar-refractivity contribution in [2.45, 2.75) is 86.0 Å². The number of fused-ring (bicyclic) bond motifs is 2. The van der Waals surface area contributed by atoms with Crippen LogP contribution in [0.5, 0.6) is 0 Å². The largest absolute Gasteiger partial charge is 0.479 e. The maximum atomic E-state index is 12.8. The predicted molar refractivity (Wildman–Crippen MR) is 178 cm³/mol. The van der Waals surface area contributed by atoms with Gasteiger partial charge in [-0.25, -0.2) is 14.8 Å². The van der Waals surface area contributed by atoms with Crippen LogP contribution >= 0.6 is 11.3 Å². The van der Waals surface area contributed by atoms with Gasteiger partial charge in [-0.1, -0.05) is 32.0 Å². The van der Waals surface area contributed by atoms with E-state index in [2.05, 4.69) is 63.3 Å². The van der Waals surface area contributed by atoms with Crippen molar-refractivity contribution in [3.8, 4) is 11.1 Å². The third kappa shape index (κ3) is 5.92. The summed E-state index contributed by atoms with van der Waals surface area (Å²) in [5.41, 5.74) is 7.52. The molecular weight excluding hydrogens is 570 g/mol. The summed E-state index contributed by atoms with van der Waals surface area (Å²) in [6.07, 6.45) is 3.49. The Labute approximate surface area is 264 Å². The van der Waals surface area contributed by atoms with Crippen molar-refractivity contribution in [2.24, 2.45) is 5.41 Å². The second kappa shape index (κ2) is 11.4. The second-order valence-electron chi connectivity index (χ2n) is 14.0. The number of hydrogen-bond donors (Lipinski definition) is 1. The van der Waals surface area contributed by atoms with Crippen LogP contribution in [-0.2, 0) is 22.5 Å². The van der Waals surface area contributed by atoms with Gasteiger partial charge in [0.15, 0.2) is 6.10 Å². The molecule has 1 saturated heterocycles. The first-order valence-electron chi connectivity index (χ1n) is 15.5. The van der Waals surface area contributed by atoms with Gasteiger partial charge in [-0.3, -0.25) is 4.98 Å². The number of benzene rings is 1. The van der Waals surface area contributed by atoms with Crippen LogP contribution in [0, 0.1) is 19.3 Å². The van der Waals surface area contributed by atoms with Crippen molar-refractivity contribution in [1.29, 1.82) is 0 Å². The molecule has 4 aromatic rings. The van der Waals surface area contributed by atoms with Crippen LogP contribution in [-0.4, -0.2) is 51.3 Å². The molecule has 5 heterocycles. The van der Waals surface area contributed by atoms with Crippen LogP contribution in [0.15, 0.2) is 36.0 Å². The molecular formula is C35H43N5O3S. The van der Waals surface area contributed by atoms with E-state index in [1.165, 1.54) is 11.1 Å². The number of aromatic nitrogens is 3. The molecule has 2 aliphatic heterocycles. The zero-order chi connectivity index (χ0) is 31.4. The third-order valence-electron chi connectivity index (χ3n) is 9.02. The molecule has 8 nitrogen and oxygen atoms in total. The highest BCUT2D eigenvalue weighted by atomic mass is 32.1. The van der Waals surface area contributed by atoms with Crippen LogP contribution in [0.3, 0.4) is 0 Å². The van der Waals surface area contributed by atoms with Crippen LogP contribution < -0.4 is 9.80 Å². The molecule has 2 aliphatic rings. The lowest BCUT2D eigenvalue weighted by Gasteiger charge is -2.41. The van der Waals surface area contributed by atoms with Gasteiger partial charge in [0.2, 0.25) is 0 Å². The lowest BCUT2D eigenvalue weighted by atomic mass is 9.81. The van der Waals surface area contributed by atoms with Crippen molar-refractivity contribution in [3.63, 3.8) is 0 Å². The summed E-state index contributed by atoms with van der Waals surface area (Å²) >= 11 is 1.64. The molecule has 0 radical (unpaired) electrons. The summed E-state index contributed by atoms with van der Waals surface area (Å²) in [6, 6.07) is 8.82. The van der Waals surface area contributed by atoms with E-state index in [-0.39, 0.29) is 5.41 Å². The number of ether oxygens (including phenoxy) is 1. The Hall–Kier alpha value is -3.56. The van der Waals surface area contributed by atoms with Crippen molar-refractivity contribution in [1.82, 2.24) is 15.0 Å². The van der Waals surface area contributed by atoms with E-state index in [1.807, 2.05) is 34.6 Å². The van der Waals surface area contributed by atoms with Gasteiger partial charge in [0, 0.05) is 48.7 Å². The molecule has 0 bridgehead atoms. The van der Waals surface area contributed by atoms with Crippen LogP contribution in [0.4, 0.5) is 11.5 Å². The van der Waals surface area contributed by atoms with Gasteiger partial charge in [-0.05, 0) is 87.4 Å². The Morgan fingerprint density at radius 2 is 1.77 bits per heavy atom. The summed E-state index contributed by atoms with van der Waals surface area (Å²) in [5.74, 6) is -0.00346. The highest BCUT2D eigenvalue weighted by Gasteiger charge is 2.36. The maximum Gasteiger partial charge on any atom is 0.337 e. The zero-order valence-electron chi connectivity index (χ0n) is 26.9. The molecule has 1 fully saturated rings. The number of hydrogen-bond acceptors (Lipinski definition) is 8. The molecule has 0 amide bonds. The Bertz CT molecular complexity index is 1710. The van der Waals surface area contributed by atoms with Crippen LogP contribution in [0.2, 0.25) is 0 Å². The number of carbonyl (C=O) groups is 1. The van der Waals surface area contributed by atoms with E-state index < -0.39 is 17.7 Å². The van der Waals surface area contributed by atoms with Gasteiger partial charge in [0.1, 0.15) is 17.0 Å². The highest BCUT2D eigenvalue weighted by molar-refractivity contribution is 7.16. The molecule has 3 aromatic heterocycles. The number of thiophene rings is 1. The number of aryl methyl sites for hydroxylation is 2. The number of anilines is 2. The van der Waals surface area contributed by atoms with E-state index >= 15 is 0 Å². The fraction of sp³-hybridized carbons (Fsp3) is 0.486. The number of carboxylic acids is 1. The van der Waals surface area contributed by atoms with Gasteiger partial charge in [-0.2, -0.15) is 0 Å². The monoisotopic (exact) mass is 613 g/mol. The fourth-order valence-corrected chi connectivity index (χ4v) is 7.40. The zero-order valence-corrected chi connectivity index (χ0v) is 27.7. The average Bonchev–Trinajstić information content (AvgIpc) is 3.44. The van der Waals surface area contributed by atoms with Crippen LogP contribution in [0.25, 0.3) is 21.3 Å². The van der Waals surface area contributed by atoms with Gasteiger partial charge in [0.05, 0.1) is 16.7 Å². The first-order chi connectivity index (χ1) is 20.8. The number of nitrogens with zero attached hydrogens (tertiary/aromatic N) is 5. The smallest absolute Gasteiger partial charge is 0.337 e. The van der Waals surface area contributed by atoms with Crippen LogP contribution in [0.1, 0.15) is 81.6 Å².